The fourth-order valence-corrected chi connectivity index (χ4v) is 3.73. The number of hydrogen-bond acceptors (Lipinski definition) is 6. The van der Waals surface area contributed by atoms with E-state index in [2.05, 4.69) is 15.3 Å². The molecule has 10 nitrogen and oxygen atoms in total. The number of carbonyl (C=O) groups excluding carboxylic acids is 4. The minimum absolute atomic E-state index is 0.119. The Labute approximate surface area is 189 Å². The summed E-state index contributed by atoms with van der Waals surface area (Å²) in [5, 5.41) is 3.26. The van der Waals surface area contributed by atoms with Crippen LogP contribution in [0.5, 0.6) is 0 Å². The lowest BCUT2D eigenvalue weighted by molar-refractivity contribution is -0.144. The average Bonchev–Trinajstić information content (AvgIpc) is 3.31. The lowest BCUT2D eigenvalue weighted by atomic mass is 10.1. The zero-order valence-corrected chi connectivity index (χ0v) is 18.6. The highest BCUT2D eigenvalue weighted by molar-refractivity contribution is 6.02. The van der Waals surface area contributed by atoms with Crippen LogP contribution in [-0.2, 0) is 20.7 Å². The van der Waals surface area contributed by atoms with Crippen molar-refractivity contribution < 1.29 is 28.7 Å². The third-order valence-electron chi connectivity index (χ3n) is 5.24. The molecule has 0 bridgehead atoms. The Kier molecular flexibility index (Phi) is 7.17. The molecule has 2 aromatic heterocycles. The van der Waals surface area contributed by atoms with Crippen LogP contribution >= 0.6 is 0 Å². The molecule has 1 atom stereocenters. The first kappa shape index (κ1) is 23.6. The zero-order valence-electron chi connectivity index (χ0n) is 18.6. The Morgan fingerprint density at radius 3 is 2.55 bits per heavy atom. The number of esters is 2. The van der Waals surface area contributed by atoms with Crippen molar-refractivity contribution in [1.29, 1.82) is 0 Å². The van der Waals surface area contributed by atoms with Gasteiger partial charge < -0.3 is 30.5 Å². The van der Waals surface area contributed by atoms with Gasteiger partial charge in [-0.25, -0.2) is 14.4 Å². The summed E-state index contributed by atoms with van der Waals surface area (Å²) < 4.78 is 10.2. The van der Waals surface area contributed by atoms with Crippen molar-refractivity contribution in [1.82, 2.24) is 15.3 Å². The van der Waals surface area contributed by atoms with Crippen LogP contribution in [0.1, 0.15) is 44.6 Å². The van der Waals surface area contributed by atoms with E-state index in [-0.39, 0.29) is 24.3 Å². The molecular formula is C23H26N4O6. The van der Waals surface area contributed by atoms with Gasteiger partial charge in [-0.05, 0) is 38.0 Å². The van der Waals surface area contributed by atoms with E-state index in [1.165, 1.54) is 0 Å². The molecule has 0 spiro atoms. The number of nitrogens with two attached hydrogens (primary N) is 1. The van der Waals surface area contributed by atoms with Crippen molar-refractivity contribution in [2.24, 2.45) is 5.73 Å². The predicted molar refractivity (Wildman–Crippen MR) is 120 cm³/mol. The first-order valence-corrected chi connectivity index (χ1v) is 10.4. The third kappa shape index (κ3) is 5.22. The van der Waals surface area contributed by atoms with Gasteiger partial charge in [0.2, 0.25) is 5.78 Å². The van der Waals surface area contributed by atoms with Crippen molar-refractivity contribution in [2.45, 2.75) is 33.2 Å². The molecule has 3 rings (SSSR count). The van der Waals surface area contributed by atoms with Crippen molar-refractivity contribution in [3.8, 4) is 0 Å². The lowest BCUT2D eigenvalue weighted by Crippen LogP contribution is -2.46. The van der Waals surface area contributed by atoms with Crippen LogP contribution < -0.4 is 11.1 Å². The van der Waals surface area contributed by atoms with E-state index in [4.69, 9.17) is 15.2 Å². The number of ketones is 1. The van der Waals surface area contributed by atoms with E-state index in [1.54, 1.807) is 27.0 Å². The van der Waals surface area contributed by atoms with Crippen LogP contribution in [0, 0.1) is 13.8 Å². The molecule has 0 unspecified atom stereocenters. The summed E-state index contributed by atoms with van der Waals surface area (Å²) >= 11 is 0. The van der Waals surface area contributed by atoms with Gasteiger partial charge >= 0.3 is 18.0 Å². The standard InChI is InChI=1S/C23H26N4O6/c1-4-32-22(30)19-12(2)20(26-13(19)3)18(28)11-33-21(29)17(27-23(24)31)9-14-10-25-16-8-6-5-7-15(14)16/h5-8,10,17,25-26H,4,9,11H2,1-3H3,(H3,24,27,31)/t17-/m1/s1. The number of ether oxygens (including phenoxy) is 2. The van der Waals surface area contributed by atoms with Crippen LogP contribution in [0.15, 0.2) is 30.5 Å². The minimum Gasteiger partial charge on any atom is -0.462 e. The molecule has 174 valence electrons. The van der Waals surface area contributed by atoms with Crippen molar-refractivity contribution in [3.63, 3.8) is 0 Å². The molecule has 10 heteroatoms. The Hall–Kier alpha value is -4.08. The summed E-state index contributed by atoms with van der Waals surface area (Å²) in [5.74, 6) is -1.87. The molecule has 0 aliphatic rings. The summed E-state index contributed by atoms with van der Waals surface area (Å²) in [6, 6.07) is 5.53. The smallest absolute Gasteiger partial charge is 0.340 e. The molecule has 0 saturated heterocycles. The molecule has 1 aromatic carbocycles. The van der Waals surface area contributed by atoms with Gasteiger partial charge in [0.15, 0.2) is 6.61 Å². The Morgan fingerprint density at radius 2 is 1.85 bits per heavy atom. The number of aromatic nitrogens is 2. The number of fused-ring (bicyclic) bond motifs is 1. The quantitative estimate of drug-likeness (QED) is 0.287. The van der Waals surface area contributed by atoms with Crippen LogP contribution in [-0.4, -0.2) is 53.0 Å². The molecule has 0 aliphatic carbocycles. The maximum Gasteiger partial charge on any atom is 0.340 e. The van der Waals surface area contributed by atoms with Gasteiger partial charge in [-0.2, -0.15) is 0 Å². The fourth-order valence-electron chi connectivity index (χ4n) is 3.73. The summed E-state index contributed by atoms with van der Waals surface area (Å²) in [6.07, 6.45) is 1.86. The number of amides is 2. The topological polar surface area (TPSA) is 156 Å². The third-order valence-corrected chi connectivity index (χ3v) is 5.24. The van der Waals surface area contributed by atoms with Gasteiger partial charge in [0.1, 0.15) is 6.04 Å². The number of H-pyrrole nitrogens is 2. The van der Waals surface area contributed by atoms with Gasteiger partial charge in [-0.3, -0.25) is 4.79 Å². The van der Waals surface area contributed by atoms with Crippen molar-refractivity contribution in [2.75, 3.05) is 13.2 Å². The van der Waals surface area contributed by atoms with Gasteiger partial charge in [0.25, 0.3) is 0 Å². The summed E-state index contributed by atoms with van der Waals surface area (Å²) in [5.41, 5.74) is 8.21. The van der Waals surface area contributed by atoms with Crippen LogP contribution in [0.4, 0.5) is 4.79 Å². The van der Waals surface area contributed by atoms with Crippen LogP contribution in [0.25, 0.3) is 10.9 Å². The number of benzene rings is 1. The second-order valence-electron chi connectivity index (χ2n) is 7.50. The Balaban J connectivity index is 1.71. The van der Waals surface area contributed by atoms with Crippen LogP contribution in [0.3, 0.4) is 0 Å². The monoisotopic (exact) mass is 454 g/mol. The molecule has 33 heavy (non-hydrogen) atoms. The zero-order chi connectivity index (χ0) is 24.1. The largest absolute Gasteiger partial charge is 0.462 e. The molecule has 2 heterocycles. The second kappa shape index (κ2) is 10.0. The number of urea groups is 1. The van der Waals surface area contributed by atoms with Gasteiger partial charge in [-0.1, -0.05) is 18.2 Å². The maximum absolute atomic E-state index is 12.7. The first-order chi connectivity index (χ1) is 15.7. The van der Waals surface area contributed by atoms with E-state index in [9.17, 15) is 19.2 Å². The molecule has 0 radical (unpaired) electrons. The number of Topliss-reactive ketones (excluding diaryl/α,β-unsaturated/α-hetero) is 1. The second-order valence-corrected chi connectivity index (χ2v) is 7.50. The summed E-state index contributed by atoms with van der Waals surface area (Å²) in [7, 11) is 0. The average molecular weight is 454 g/mol. The van der Waals surface area contributed by atoms with Gasteiger partial charge in [-0.15, -0.1) is 0 Å². The van der Waals surface area contributed by atoms with Crippen LogP contribution in [0.2, 0.25) is 0 Å². The highest BCUT2D eigenvalue weighted by Gasteiger charge is 2.26. The number of hydrogen-bond donors (Lipinski definition) is 4. The number of aryl methyl sites for hydroxylation is 1. The molecule has 0 fully saturated rings. The summed E-state index contributed by atoms with van der Waals surface area (Å²) in [4.78, 5) is 54.9. The maximum atomic E-state index is 12.7. The number of rotatable bonds is 9. The van der Waals surface area contributed by atoms with E-state index in [0.29, 0.717) is 11.3 Å². The van der Waals surface area contributed by atoms with E-state index in [0.717, 1.165) is 16.5 Å². The summed E-state index contributed by atoms with van der Waals surface area (Å²) in [6.45, 7) is 4.57. The highest BCUT2D eigenvalue weighted by Crippen LogP contribution is 2.21. The number of nitrogens with one attached hydrogen (secondary N) is 3. The fraction of sp³-hybridized carbons (Fsp3) is 0.304. The molecule has 0 saturated carbocycles. The van der Waals surface area contributed by atoms with Crippen molar-refractivity contribution in [3.05, 3.63) is 58.5 Å². The molecule has 2 amide bonds. The predicted octanol–water partition coefficient (Wildman–Crippen LogP) is 2.30. The number of aromatic amines is 2. The van der Waals surface area contributed by atoms with E-state index >= 15 is 0 Å². The van der Waals surface area contributed by atoms with Gasteiger partial charge in [0, 0.05) is 29.2 Å². The number of para-hydroxylation sites is 1. The van der Waals surface area contributed by atoms with Crippen molar-refractivity contribution >= 4 is 34.7 Å². The lowest BCUT2D eigenvalue weighted by Gasteiger charge is -2.16. The SMILES string of the molecule is CCOC(=O)c1c(C)[nH]c(C(=O)COC(=O)[C@@H](Cc2c[nH]c3ccccc23)NC(N)=O)c1C. The van der Waals surface area contributed by atoms with Gasteiger partial charge in [0.05, 0.1) is 17.9 Å². The van der Waals surface area contributed by atoms with E-state index in [1.807, 2.05) is 24.3 Å². The Bertz CT molecular complexity index is 1210. The number of primary amides is 1. The normalized spacial score (nSPS) is 11.7. The molecule has 5 N–H and O–H groups in total. The highest BCUT2D eigenvalue weighted by atomic mass is 16.5. The van der Waals surface area contributed by atoms with E-state index < -0.39 is 36.4 Å². The Morgan fingerprint density at radius 1 is 1.12 bits per heavy atom. The number of carbonyl (C=O) groups is 4. The molecule has 3 aromatic rings. The first-order valence-electron chi connectivity index (χ1n) is 10.4. The molecule has 0 aliphatic heterocycles. The molecular weight excluding hydrogens is 428 g/mol. The minimum atomic E-state index is -1.09.